The van der Waals surface area contributed by atoms with Crippen LogP contribution in [0.4, 0.5) is 8.78 Å². The van der Waals surface area contributed by atoms with Crippen LogP contribution in [-0.2, 0) is 6.42 Å². The van der Waals surface area contributed by atoms with Gasteiger partial charge < -0.3 is 4.42 Å². The fourth-order valence-corrected chi connectivity index (χ4v) is 5.22. The van der Waals surface area contributed by atoms with Gasteiger partial charge in [-0.05, 0) is 60.2 Å². The summed E-state index contributed by atoms with van der Waals surface area (Å²) in [6.07, 6.45) is 11.8. The van der Waals surface area contributed by atoms with E-state index >= 15 is 8.78 Å². The summed E-state index contributed by atoms with van der Waals surface area (Å²) in [7, 11) is 0. The minimum Gasteiger partial charge on any atom is -0.472 e. The van der Waals surface area contributed by atoms with Crippen LogP contribution >= 0.6 is 0 Å². The summed E-state index contributed by atoms with van der Waals surface area (Å²) in [4.78, 5) is 7.12. The van der Waals surface area contributed by atoms with Crippen LogP contribution in [-0.4, -0.2) is 36.2 Å². The number of nitrogens with zero attached hydrogens (tertiary/aromatic N) is 2. The molecule has 5 heteroatoms. The highest BCUT2D eigenvalue weighted by molar-refractivity contribution is 6.11. The zero-order chi connectivity index (χ0) is 23.7. The number of allylic oxidation sites excluding steroid dienone is 6. The van der Waals surface area contributed by atoms with Gasteiger partial charge in [-0.2, -0.15) is 0 Å². The first kappa shape index (κ1) is 22.7. The van der Waals surface area contributed by atoms with Crippen molar-refractivity contribution < 1.29 is 13.2 Å². The number of likely N-dealkylation sites (tertiary alicyclic amines) is 1. The van der Waals surface area contributed by atoms with Crippen molar-refractivity contribution in [3.05, 3.63) is 102 Å². The Kier molecular flexibility index (Phi) is 6.22. The van der Waals surface area contributed by atoms with Crippen LogP contribution in [0.15, 0.2) is 94.4 Å². The van der Waals surface area contributed by atoms with E-state index in [0.29, 0.717) is 18.2 Å². The predicted octanol–water partition coefficient (Wildman–Crippen LogP) is 6.82. The van der Waals surface area contributed by atoms with Crippen molar-refractivity contribution in [3.8, 4) is 0 Å². The van der Waals surface area contributed by atoms with Crippen LogP contribution in [0.5, 0.6) is 0 Å². The average molecular weight is 461 g/mol. The standard InChI is InChI=1S/C29H30F2N2O/c1-3-10-29(30,31)27-16-24(23-9-12-34-19-23)14-25-15-26(32-28(25)27)18-33-11-8-22(17-33)21-7-5-6-20(4-2)13-21/h3,5-7,9,12-16,19,22,25H,1,4,8,10-11,17-18H2,2H3. The molecule has 1 saturated heterocycles. The second-order valence-corrected chi connectivity index (χ2v) is 9.39. The topological polar surface area (TPSA) is 28.7 Å². The van der Waals surface area contributed by atoms with Crippen LogP contribution < -0.4 is 0 Å². The largest absolute Gasteiger partial charge is 0.472 e. The van der Waals surface area contributed by atoms with E-state index in [0.717, 1.165) is 42.8 Å². The molecular formula is C29H30F2N2O. The third kappa shape index (κ3) is 4.49. The van der Waals surface area contributed by atoms with E-state index in [1.54, 1.807) is 24.7 Å². The lowest BCUT2D eigenvalue weighted by Crippen LogP contribution is -2.29. The van der Waals surface area contributed by atoms with Gasteiger partial charge >= 0.3 is 0 Å². The predicted molar refractivity (Wildman–Crippen MR) is 133 cm³/mol. The minimum atomic E-state index is -3.02. The molecule has 2 aliphatic heterocycles. The normalized spacial score (nSPS) is 22.7. The fraction of sp³-hybridized carbons (Fsp3) is 0.345. The van der Waals surface area contributed by atoms with Crippen molar-refractivity contribution in [1.82, 2.24) is 4.90 Å². The molecule has 2 atom stereocenters. The van der Waals surface area contributed by atoms with E-state index in [9.17, 15) is 0 Å². The van der Waals surface area contributed by atoms with Crippen LogP contribution in [0.2, 0.25) is 0 Å². The molecule has 3 heterocycles. The number of rotatable bonds is 8. The van der Waals surface area contributed by atoms with Crippen molar-refractivity contribution in [2.24, 2.45) is 10.9 Å². The molecule has 1 aromatic heterocycles. The van der Waals surface area contributed by atoms with Crippen molar-refractivity contribution in [2.45, 2.75) is 38.0 Å². The molecule has 1 aromatic carbocycles. The SMILES string of the molecule is C=CCC(F)(F)C1=CC(c2ccoc2)=CC2C=C(CN3CCC(c4cccc(CC)c4)C3)N=C12. The number of furan rings is 1. The van der Waals surface area contributed by atoms with Gasteiger partial charge in [0.05, 0.1) is 23.9 Å². The monoisotopic (exact) mass is 460 g/mol. The second-order valence-electron chi connectivity index (χ2n) is 9.39. The van der Waals surface area contributed by atoms with Crippen molar-refractivity contribution in [1.29, 1.82) is 0 Å². The third-order valence-electron chi connectivity index (χ3n) is 7.02. The second kappa shape index (κ2) is 9.30. The van der Waals surface area contributed by atoms with Gasteiger partial charge in [-0.15, -0.1) is 6.58 Å². The van der Waals surface area contributed by atoms with E-state index in [4.69, 9.17) is 9.41 Å². The Morgan fingerprint density at radius 3 is 2.91 bits per heavy atom. The number of aliphatic imine (C=N–C) groups is 1. The van der Waals surface area contributed by atoms with E-state index in [2.05, 4.69) is 42.7 Å². The van der Waals surface area contributed by atoms with E-state index in [1.165, 1.54) is 17.2 Å². The van der Waals surface area contributed by atoms with E-state index < -0.39 is 12.3 Å². The minimum absolute atomic E-state index is 0.0157. The molecule has 1 fully saturated rings. The molecule has 0 radical (unpaired) electrons. The highest BCUT2D eigenvalue weighted by Crippen LogP contribution is 2.41. The summed E-state index contributed by atoms with van der Waals surface area (Å²) in [5.41, 5.74) is 5.61. The summed E-state index contributed by atoms with van der Waals surface area (Å²) >= 11 is 0. The Morgan fingerprint density at radius 1 is 1.26 bits per heavy atom. The molecule has 0 saturated carbocycles. The third-order valence-corrected chi connectivity index (χ3v) is 7.02. The molecule has 5 rings (SSSR count). The molecule has 0 bridgehead atoms. The lowest BCUT2D eigenvalue weighted by molar-refractivity contribution is 0.0513. The van der Waals surface area contributed by atoms with Gasteiger partial charge in [-0.1, -0.05) is 43.3 Å². The van der Waals surface area contributed by atoms with Crippen LogP contribution in [0.3, 0.4) is 0 Å². The lowest BCUT2D eigenvalue weighted by atomic mass is 9.83. The van der Waals surface area contributed by atoms with Crippen LogP contribution in [0.1, 0.15) is 42.4 Å². The van der Waals surface area contributed by atoms with Gasteiger partial charge in [0.15, 0.2) is 0 Å². The summed E-state index contributed by atoms with van der Waals surface area (Å²) in [5.74, 6) is -2.77. The number of aryl methyl sites for hydroxylation is 1. The van der Waals surface area contributed by atoms with Crippen LogP contribution in [0.25, 0.3) is 5.57 Å². The Hall–Kier alpha value is -3.05. The number of hydrogen-bond acceptors (Lipinski definition) is 3. The van der Waals surface area contributed by atoms with Gasteiger partial charge in [0, 0.05) is 36.6 Å². The maximum atomic E-state index is 15.1. The first-order valence-corrected chi connectivity index (χ1v) is 12.0. The summed E-state index contributed by atoms with van der Waals surface area (Å²) in [6.45, 7) is 8.33. The molecule has 3 nitrogen and oxygen atoms in total. The molecule has 34 heavy (non-hydrogen) atoms. The average Bonchev–Trinajstić information content (AvgIpc) is 3.59. The molecule has 2 aromatic rings. The number of halogens is 2. The number of benzene rings is 1. The molecular weight excluding hydrogens is 430 g/mol. The Balaban J connectivity index is 1.36. The number of alkyl halides is 2. The highest BCUT2D eigenvalue weighted by Gasteiger charge is 2.41. The molecule has 3 aliphatic rings. The maximum Gasteiger partial charge on any atom is 0.278 e. The Bertz CT molecular complexity index is 1190. The van der Waals surface area contributed by atoms with Crippen LogP contribution in [0, 0.1) is 5.92 Å². The number of hydrogen-bond donors (Lipinski definition) is 0. The quantitative estimate of drug-likeness (QED) is 0.405. The smallest absolute Gasteiger partial charge is 0.278 e. The lowest BCUT2D eigenvalue weighted by Gasteiger charge is -2.25. The van der Waals surface area contributed by atoms with Gasteiger partial charge in [-0.3, -0.25) is 9.89 Å². The highest BCUT2D eigenvalue weighted by atomic mass is 19.3. The molecule has 2 unspecified atom stereocenters. The number of fused-ring (bicyclic) bond motifs is 1. The summed E-state index contributed by atoms with van der Waals surface area (Å²) in [6, 6.07) is 10.7. The van der Waals surface area contributed by atoms with Gasteiger partial charge in [0.1, 0.15) is 0 Å². The van der Waals surface area contributed by atoms with Gasteiger partial charge in [-0.25, -0.2) is 8.78 Å². The molecule has 0 amide bonds. The van der Waals surface area contributed by atoms with Crippen molar-refractivity contribution >= 4 is 11.3 Å². The van der Waals surface area contributed by atoms with Gasteiger partial charge in [0.25, 0.3) is 5.92 Å². The molecule has 176 valence electrons. The summed E-state index contributed by atoms with van der Waals surface area (Å²) < 4.78 is 35.4. The molecule has 0 N–H and O–H groups in total. The maximum absolute atomic E-state index is 15.1. The Labute approximate surface area is 199 Å². The molecule has 0 spiro atoms. The Morgan fingerprint density at radius 2 is 2.15 bits per heavy atom. The zero-order valence-electron chi connectivity index (χ0n) is 19.5. The van der Waals surface area contributed by atoms with Crippen molar-refractivity contribution in [3.63, 3.8) is 0 Å². The van der Waals surface area contributed by atoms with E-state index in [1.807, 2.05) is 12.2 Å². The van der Waals surface area contributed by atoms with Gasteiger partial charge in [0.2, 0.25) is 0 Å². The van der Waals surface area contributed by atoms with Crippen molar-refractivity contribution in [2.75, 3.05) is 19.6 Å². The summed E-state index contributed by atoms with van der Waals surface area (Å²) in [5, 5.41) is 0. The van der Waals surface area contributed by atoms with E-state index in [-0.39, 0.29) is 11.5 Å². The molecule has 1 aliphatic carbocycles. The zero-order valence-corrected chi connectivity index (χ0v) is 19.5. The fourth-order valence-electron chi connectivity index (χ4n) is 5.22. The first-order chi connectivity index (χ1) is 16.5. The first-order valence-electron chi connectivity index (χ1n) is 12.0.